The lowest BCUT2D eigenvalue weighted by Gasteiger charge is -2.30. The second-order valence-electron chi connectivity index (χ2n) is 10.2. The molecule has 1 unspecified atom stereocenters. The summed E-state index contributed by atoms with van der Waals surface area (Å²) in [6.07, 6.45) is 3.73. The molecule has 1 atom stereocenters. The van der Waals surface area contributed by atoms with E-state index in [1.807, 2.05) is 30.4 Å². The summed E-state index contributed by atoms with van der Waals surface area (Å²) in [6.45, 7) is 16.8. The Morgan fingerprint density at radius 2 is 1.53 bits per heavy atom. The van der Waals surface area contributed by atoms with Gasteiger partial charge in [0.2, 0.25) is 0 Å². The summed E-state index contributed by atoms with van der Waals surface area (Å²) < 4.78 is 11.7. The molecule has 0 aromatic heterocycles. The van der Waals surface area contributed by atoms with Crippen LogP contribution in [0, 0.1) is 0 Å². The summed E-state index contributed by atoms with van der Waals surface area (Å²) in [6, 6.07) is 14.6. The zero-order valence-electron chi connectivity index (χ0n) is 21.7. The molecule has 3 rings (SSSR count). The Bertz CT molecular complexity index is 927. The molecule has 0 bridgehead atoms. The molecule has 1 fully saturated rings. The lowest BCUT2D eigenvalue weighted by atomic mass is 9.84. The van der Waals surface area contributed by atoms with Crippen molar-refractivity contribution in [2.45, 2.75) is 65.4 Å². The van der Waals surface area contributed by atoms with Gasteiger partial charge in [0.25, 0.3) is 0 Å². The highest BCUT2D eigenvalue weighted by molar-refractivity contribution is 5.93. The zero-order valence-corrected chi connectivity index (χ0v) is 21.7. The van der Waals surface area contributed by atoms with E-state index < -0.39 is 0 Å². The number of benzene rings is 2. The molecule has 2 aromatic rings. The van der Waals surface area contributed by atoms with Crippen LogP contribution in [-0.2, 0) is 9.47 Å². The third kappa shape index (κ3) is 7.04. The topological polar surface area (TPSA) is 38.8 Å². The minimum absolute atomic E-state index is 0.223. The van der Waals surface area contributed by atoms with Gasteiger partial charge >= 0.3 is 5.97 Å². The zero-order chi connectivity index (χ0) is 24.7. The van der Waals surface area contributed by atoms with Crippen LogP contribution in [0.3, 0.4) is 0 Å². The second-order valence-corrected chi connectivity index (χ2v) is 10.2. The van der Waals surface area contributed by atoms with Gasteiger partial charge in [0.05, 0.1) is 18.8 Å². The predicted molar refractivity (Wildman–Crippen MR) is 141 cm³/mol. The summed E-state index contributed by atoms with van der Waals surface area (Å²) in [7, 11) is 0. The molecule has 1 aliphatic heterocycles. The van der Waals surface area contributed by atoms with Crippen molar-refractivity contribution in [2.24, 2.45) is 0 Å². The Labute approximate surface area is 206 Å². The first-order valence-corrected chi connectivity index (χ1v) is 12.7. The monoisotopic (exact) mass is 463 g/mol. The average Bonchev–Trinajstić information content (AvgIpc) is 2.82. The van der Waals surface area contributed by atoms with Gasteiger partial charge in [-0.15, -0.1) is 0 Å². The second kappa shape index (κ2) is 12.3. The molecule has 2 aromatic carbocycles. The first-order chi connectivity index (χ1) is 16.3. The van der Waals surface area contributed by atoms with E-state index in [0.717, 1.165) is 35.3 Å². The third-order valence-corrected chi connectivity index (χ3v) is 6.44. The maximum absolute atomic E-state index is 13.7. The largest absolute Gasteiger partial charge is 0.453 e. The van der Waals surface area contributed by atoms with Gasteiger partial charge in [-0.1, -0.05) is 90.1 Å². The molecule has 1 aliphatic rings. The number of hydrogen-bond donors (Lipinski definition) is 0. The summed E-state index contributed by atoms with van der Waals surface area (Å²) in [4.78, 5) is 16.1. The molecule has 4 heteroatoms. The number of rotatable bonds is 9. The fraction of sp³-hybridized carbons (Fsp3) is 0.500. The van der Waals surface area contributed by atoms with Crippen molar-refractivity contribution >= 4 is 12.0 Å². The molecule has 0 N–H and O–H groups in total. The van der Waals surface area contributed by atoms with Gasteiger partial charge < -0.3 is 9.47 Å². The fourth-order valence-electron chi connectivity index (χ4n) is 4.35. The van der Waals surface area contributed by atoms with E-state index in [0.29, 0.717) is 25.7 Å². The lowest BCUT2D eigenvalue weighted by molar-refractivity contribution is 0.00634. The average molecular weight is 464 g/mol. The van der Waals surface area contributed by atoms with Crippen molar-refractivity contribution in [1.29, 1.82) is 0 Å². The molecule has 0 aliphatic carbocycles. The standard InChI is InChI=1S/C30H41NO3/c1-21(2)25-18-27(22(3)4)29(28(19-25)23(5)6)30(32)34-26(20-31-14-16-33-17-15-31)13-12-24-10-8-7-9-11-24/h7-13,18-19,21-23,26H,14-17,20H2,1-6H3/b13-12+. The normalized spacial score (nSPS) is 16.0. The molecule has 0 radical (unpaired) electrons. The Balaban J connectivity index is 1.93. The van der Waals surface area contributed by atoms with Gasteiger partial charge in [-0.3, -0.25) is 4.90 Å². The van der Waals surface area contributed by atoms with Crippen LogP contribution in [0.4, 0.5) is 0 Å². The fourth-order valence-corrected chi connectivity index (χ4v) is 4.35. The number of carbonyl (C=O) groups excluding carboxylic acids is 1. The third-order valence-electron chi connectivity index (χ3n) is 6.44. The number of nitrogens with zero attached hydrogens (tertiary/aromatic N) is 1. The molecule has 0 spiro atoms. The molecular formula is C30H41NO3. The van der Waals surface area contributed by atoms with Crippen LogP contribution in [0.1, 0.15) is 91.9 Å². The van der Waals surface area contributed by atoms with Crippen molar-refractivity contribution in [3.05, 3.63) is 76.4 Å². The first kappa shape index (κ1) is 26.2. The van der Waals surface area contributed by atoms with Crippen LogP contribution in [0.5, 0.6) is 0 Å². The Morgan fingerprint density at radius 1 is 0.941 bits per heavy atom. The van der Waals surface area contributed by atoms with Crippen LogP contribution < -0.4 is 0 Å². The van der Waals surface area contributed by atoms with Crippen molar-refractivity contribution in [2.75, 3.05) is 32.8 Å². The highest BCUT2D eigenvalue weighted by Crippen LogP contribution is 2.33. The van der Waals surface area contributed by atoms with Crippen molar-refractivity contribution < 1.29 is 14.3 Å². The molecule has 1 saturated heterocycles. The first-order valence-electron chi connectivity index (χ1n) is 12.7. The number of hydrogen-bond acceptors (Lipinski definition) is 4. The van der Waals surface area contributed by atoms with Crippen molar-refractivity contribution in [1.82, 2.24) is 4.90 Å². The number of carbonyl (C=O) groups is 1. The van der Waals surface area contributed by atoms with E-state index in [-0.39, 0.29) is 23.9 Å². The minimum atomic E-state index is -0.337. The maximum Gasteiger partial charge on any atom is 0.339 e. The quantitative estimate of drug-likeness (QED) is 0.391. The molecule has 4 nitrogen and oxygen atoms in total. The Morgan fingerprint density at radius 3 is 2.06 bits per heavy atom. The lowest BCUT2D eigenvalue weighted by Crippen LogP contribution is -2.41. The Kier molecular flexibility index (Phi) is 9.49. The maximum atomic E-state index is 13.7. The van der Waals surface area contributed by atoms with Crippen molar-refractivity contribution in [3.8, 4) is 0 Å². The van der Waals surface area contributed by atoms with E-state index in [2.05, 4.69) is 70.7 Å². The van der Waals surface area contributed by atoms with Gasteiger partial charge in [-0.2, -0.15) is 0 Å². The molecule has 0 amide bonds. The SMILES string of the molecule is CC(C)c1cc(C(C)C)c(C(=O)OC(/C=C/c2ccccc2)CN2CCOCC2)c(C(C)C)c1. The predicted octanol–water partition coefficient (Wildman–Crippen LogP) is 6.63. The minimum Gasteiger partial charge on any atom is -0.453 e. The van der Waals surface area contributed by atoms with Gasteiger partial charge in [0.1, 0.15) is 6.10 Å². The van der Waals surface area contributed by atoms with Crippen LogP contribution >= 0.6 is 0 Å². The van der Waals surface area contributed by atoms with Crippen molar-refractivity contribution in [3.63, 3.8) is 0 Å². The van der Waals surface area contributed by atoms with E-state index in [4.69, 9.17) is 9.47 Å². The van der Waals surface area contributed by atoms with Gasteiger partial charge in [0.15, 0.2) is 0 Å². The number of morpholine rings is 1. The van der Waals surface area contributed by atoms with Crippen LogP contribution in [0.2, 0.25) is 0 Å². The van der Waals surface area contributed by atoms with Gasteiger partial charge in [-0.25, -0.2) is 4.79 Å². The highest BCUT2D eigenvalue weighted by atomic mass is 16.5. The van der Waals surface area contributed by atoms with E-state index in [1.54, 1.807) is 0 Å². The van der Waals surface area contributed by atoms with Gasteiger partial charge in [-0.05, 0) is 46.1 Å². The summed E-state index contributed by atoms with van der Waals surface area (Å²) in [5, 5.41) is 0. The smallest absolute Gasteiger partial charge is 0.339 e. The molecule has 1 heterocycles. The molecular weight excluding hydrogens is 422 g/mol. The van der Waals surface area contributed by atoms with E-state index in [1.165, 1.54) is 5.56 Å². The summed E-state index contributed by atoms with van der Waals surface area (Å²) >= 11 is 0. The Hall–Kier alpha value is -2.43. The van der Waals surface area contributed by atoms with Crippen LogP contribution in [0.25, 0.3) is 6.08 Å². The molecule has 34 heavy (non-hydrogen) atoms. The van der Waals surface area contributed by atoms with Crippen LogP contribution in [0.15, 0.2) is 48.5 Å². The van der Waals surface area contributed by atoms with Crippen LogP contribution in [-0.4, -0.2) is 49.8 Å². The number of ether oxygens (including phenoxy) is 2. The number of esters is 1. The highest BCUT2D eigenvalue weighted by Gasteiger charge is 2.26. The summed E-state index contributed by atoms with van der Waals surface area (Å²) in [5.74, 6) is 0.647. The molecule has 0 saturated carbocycles. The summed E-state index contributed by atoms with van der Waals surface area (Å²) in [5.41, 5.74) is 5.28. The van der Waals surface area contributed by atoms with E-state index in [9.17, 15) is 4.79 Å². The van der Waals surface area contributed by atoms with E-state index >= 15 is 0 Å². The molecule has 184 valence electrons. The van der Waals surface area contributed by atoms with Gasteiger partial charge in [0, 0.05) is 19.6 Å².